The summed E-state index contributed by atoms with van der Waals surface area (Å²) < 4.78 is 4.37. The van der Waals surface area contributed by atoms with E-state index in [9.17, 15) is 14.4 Å². The first-order valence-corrected chi connectivity index (χ1v) is 4.85. The Labute approximate surface area is 97.9 Å². The lowest BCUT2D eigenvalue weighted by Crippen LogP contribution is -2.53. The van der Waals surface area contributed by atoms with Crippen LogP contribution in [-0.2, 0) is 14.3 Å². The highest BCUT2D eigenvalue weighted by Crippen LogP contribution is 1.93. The van der Waals surface area contributed by atoms with Crippen molar-refractivity contribution in [3.8, 4) is 0 Å². The molecular weight excluding hydrogens is 232 g/mol. The maximum absolute atomic E-state index is 11.3. The second-order valence-corrected chi connectivity index (χ2v) is 3.42. The van der Waals surface area contributed by atoms with Gasteiger partial charge in [0.05, 0.1) is 13.2 Å². The summed E-state index contributed by atoms with van der Waals surface area (Å²) in [5.41, 5.74) is 0. The molecule has 0 aliphatic carbocycles. The standard InChI is InChI=1S/C9H16N2O6/c1-4(8(15)17-3)10-9(16)11-6(5(2)12)7(13)14/h4-6,12H,1-3H3,(H,13,14)(H2,10,11,16). The summed E-state index contributed by atoms with van der Waals surface area (Å²) in [6.07, 6.45) is -1.26. The predicted molar refractivity (Wildman–Crippen MR) is 56.3 cm³/mol. The predicted octanol–water partition coefficient (Wildman–Crippen LogP) is -1.32. The molecule has 0 fully saturated rings. The van der Waals surface area contributed by atoms with Crippen molar-refractivity contribution in [2.75, 3.05) is 7.11 Å². The third-order valence-corrected chi connectivity index (χ3v) is 1.94. The normalized spacial score (nSPS) is 15.3. The summed E-state index contributed by atoms with van der Waals surface area (Å²) in [4.78, 5) is 32.9. The first-order chi connectivity index (χ1) is 7.79. The molecule has 0 radical (unpaired) electrons. The third kappa shape index (κ3) is 5.16. The van der Waals surface area contributed by atoms with E-state index in [2.05, 4.69) is 10.1 Å². The molecule has 3 unspecified atom stereocenters. The van der Waals surface area contributed by atoms with Crippen molar-refractivity contribution in [1.82, 2.24) is 10.6 Å². The summed E-state index contributed by atoms with van der Waals surface area (Å²) in [5.74, 6) is -2.04. The van der Waals surface area contributed by atoms with Crippen LogP contribution in [0.1, 0.15) is 13.8 Å². The first kappa shape index (κ1) is 15.2. The van der Waals surface area contributed by atoms with E-state index in [-0.39, 0.29) is 0 Å². The molecule has 0 aromatic rings. The molecule has 0 rings (SSSR count). The van der Waals surface area contributed by atoms with Crippen molar-refractivity contribution >= 4 is 18.0 Å². The van der Waals surface area contributed by atoms with E-state index in [1.54, 1.807) is 0 Å². The number of urea groups is 1. The van der Waals surface area contributed by atoms with Gasteiger partial charge < -0.3 is 25.6 Å². The molecule has 0 saturated heterocycles. The van der Waals surface area contributed by atoms with Gasteiger partial charge >= 0.3 is 18.0 Å². The number of carbonyl (C=O) groups excluding carboxylic acids is 2. The van der Waals surface area contributed by atoms with Gasteiger partial charge in [0.1, 0.15) is 6.04 Å². The van der Waals surface area contributed by atoms with Gasteiger partial charge in [0.2, 0.25) is 0 Å². The molecule has 0 aliphatic rings. The Kier molecular flexibility index (Phi) is 5.97. The Hall–Kier alpha value is -1.83. The summed E-state index contributed by atoms with van der Waals surface area (Å²) in [6.45, 7) is 2.60. The number of aliphatic hydroxyl groups is 1. The van der Waals surface area contributed by atoms with Crippen LogP contribution in [0.3, 0.4) is 0 Å². The lowest BCUT2D eigenvalue weighted by atomic mass is 10.2. The van der Waals surface area contributed by atoms with Gasteiger partial charge in [-0.3, -0.25) is 0 Å². The number of aliphatic carboxylic acids is 1. The number of amides is 2. The molecule has 0 spiro atoms. The number of hydrogen-bond donors (Lipinski definition) is 4. The quantitative estimate of drug-likeness (QED) is 0.447. The topological polar surface area (TPSA) is 125 Å². The molecule has 4 N–H and O–H groups in total. The minimum absolute atomic E-state index is 0.663. The van der Waals surface area contributed by atoms with Crippen molar-refractivity contribution in [2.24, 2.45) is 0 Å². The van der Waals surface area contributed by atoms with Crippen LogP contribution in [0.4, 0.5) is 4.79 Å². The lowest BCUT2D eigenvalue weighted by molar-refractivity contribution is -0.142. The molecule has 0 aliphatic heterocycles. The van der Waals surface area contributed by atoms with Crippen LogP contribution in [0.2, 0.25) is 0 Å². The van der Waals surface area contributed by atoms with Crippen molar-refractivity contribution < 1.29 is 29.3 Å². The van der Waals surface area contributed by atoms with Crippen LogP contribution in [0.25, 0.3) is 0 Å². The monoisotopic (exact) mass is 248 g/mol. The number of carboxylic acid groups (broad SMARTS) is 1. The van der Waals surface area contributed by atoms with E-state index < -0.39 is 36.2 Å². The summed E-state index contributed by atoms with van der Waals surface area (Å²) in [6, 6.07) is -3.24. The largest absolute Gasteiger partial charge is 0.480 e. The van der Waals surface area contributed by atoms with Gasteiger partial charge in [0, 0.05) is 0 Å². The molecule has 3 atom stereocenters. The highest BCUT2D eigenvalue weighted by atomic mass is 16.5. The van der Waals surface area contributed by atoms with Crippen LogP contribution < -0.4 is 10.6 Å². The zero-order chi connectivity index (χ0) is 13.6. The van der Waals surface area contributed by atoms with Crippen LogP contribution in [0.15, 0.2) is 0 Å². The van der Waals surface area contributed by atoms with Gasteiger partial charge in [-0.05, 0) is 13.8 Å². The van der Waals surface area contributed by atoms with Gasteiger partial charge in [-0.2, -0.15) is 0 Å². The summed E-state index contributed by atoms with van der Waals surface area (Å²) in [5, 5.41) is 22.0. The fourth-order valence-electron chi connectivity index (χ4n) is 1.00. The van der Waals surface area contributed by atoms with Crippen LogP contribution in [-0.4, -0.2) is 53.5 Å². The average molecular weight is 248 g/mol. The number of nitrogens with one attached hydrogen (secondary N) is 2. The van der Waals surface area contributed by atoms with Crippen LogP contribution >= 0.6 is 0 Å². The van der Waals surface area contributed by atoms with Crippen LogP contribution in [0.5, 0.6) is 0 Å². The highest BCUT2D eigenvalue weighted by Gasteiger charge is 2.26. The molecule has 0 bridgehead atoms. The Balaban J connectivity index is 4.34. The first-order valence-electron chi connectivity index (χ1n) is 4.85. The van der Waals surface area contributed by atoms with Gasteiger partial charge in [-0.1, -0.05) is 0 Å². The Morgan fingerprint density at radius 2 is 1.71 bits per heavy atom. The minimum atomic E-state index is -1.44. The molecule has 8 heteroatoms. The number of esters is 1. The lowest BCUT2D eigenvalue weighted by Gasteiger charge is -2.19. The third-order valence-electron chi connectivity index (χ3n) is 1.94. The van der Waals surface area contributed by atoms with E-state index in [1.165, 1.54) is 13.8 Å². The molecule has 0 aromatic carbocycles. The van der Waals surface area contributed by atoms with Crippen molar-refractivity contribution in [1.29, 1.82) is 0 Å². The number of methoxy groups -OCH3 is 1. The molecule has 0 aromatic heterocycles. The van der Waals surface area contributed by atoms with E-state index in [4.69, 9.17) is 10.2 Å². The smallest absolute Gasteiger partial charge is 0.328 e. The van der Waals surface area contributed by atoms with Gasteiger partial charge in [0.15, 0.2) is 6.04 Å². The van der Waals surface area contributed by atoms with E-state index in [1.807, 2.05) is 5.32 Å². The van der Waals surface area contributed by atoms with Gasteiger partial charge in [0.25, 0.3) is 0 Å². The van der Waals surface area contributed by atoms with Crippen molar-refractivity contribution in [3.05, 3.63) is 0 Å². The molecule has 0 heterocycles. The van der Waals surface area contributed by atoms with Crippen molar-refractivity contribution in [2.45, 2.75) is 32.0 Å². The molecule has 2 amide bonds. The average Bonchev–Trinajstić information content (AvgIpc) is 2.23. The number of ether oxygens (including phenoxy) is 1. The SMILES string of the molecule is COC(=O)C(C)NC(=O)NC(C(=O)O)C(C)O. The number of carboxylic acids is 1. The number of hydrogen-bond acceptors (Lipinski definition) is 5. The zero-order valence-corrected chi connectivity index (χ0v) is 9.76. The fraction of sp³-hybridized carbons (Fsp3) is 0.667. The van der Waals surface area contributed by atoms with E-state index >= 15 is 0 Å². The number of carbonyl (C=O) groups is 3. The Bertz CT molecular complexity index is 304. The zero-order valence-electron chi connectivity index (χ0n) is 9.76. The highest BCUT2D eigenvalue weighted by molar-refractivity contribution is 5.86. The Morgan fingerprint density at radius 1 is 1.18 bits per heavy atom. The minimum Gasteiger partial charge on any atom is -0.480 e. The number of rotatable bonds is 5. The maximum Gasteiger partial charge on any atom is 0.328 e. The maximum atomic E-state index is 11.3. The van der Waals surface area contributed by atoms with E-state index in [0.717, 1.165) is 7.11 Å². The molecule has 8 nitrogen and oxygen atoms in total. The second kappa shape index (κ2) is 6.69. The molecule has 0 saturated carbocycles. The molecule has 98 valence electrons. The van der Waals surface area contributed by atoms with Gasteiger partial charge in [-0.25, -0.2) is 14.4 Å². The Morgan fingerprint density at radius 3 is 2.06 bits per heavy atom. The summed E-state index contributed by atoms with van der Waals surface area (Å²) >= 11 is 0. The van der Waals surface area contributed by atoms with Crippen molar-refractivity contribution in [3.63, 3.8) is 0 Å². The fourth-order valence-corrected chi connectivity index (χ4v) is 1.00. The van der Waals surface area contributed by atoms with Gasteiger partial charge in [-0.15, -0.1) is 0 Å². The van der Waals surface area contributed by atoms with E-state index in [0.29, 0.717) is 0 Å². The molecular formula is C9H16N2O6. The van der Waals surface area contributed by atoms with Crippen LogP contribution in [0, 0.1) is 0 Å². The summed E-state index contributed by atoms with van der Waals surface area (Å²) in [7, 11) is 1.16. The molecule has 17 heavy (non-hydrogen) atoms. The number of aliphatic hydroxyl groups excluding tert-OH is 1. The second-order valence-electron chi connectivity index (χ2n) is 3.42.